The van der Waals surface area contributed by atoms with E-state index in [4.69, 9.17) is 5.11 Å². The van der Waals surface area contributed by atoms with E-state index in [1.54, 1.807) is 6.92 Å². The molecule has 0 saturated heterocycles. The summed E-state index contributed by atoms with van der Waals surface area (Å²) >= 11 is 1.37. The standard InChI is InChI=1S/C10H19NO5S2/c1-3-18(15,16)7-6-17-5-4-9(10(13)14)11-8(2)12/h9H,3-7H2,1-2H3,(H,11,12)(H,13,14). The normalized spacial score (nSPS) is 13.0. The summed E-state index contributed by atoms with van der Waals surface area (Å²) in [5.41, 5.74) is 0. The lowest BCUT2D eigenvalue weighted by atomic mass is 10.2. The summed E-state index contributed by atoms with van der Waals surface area (Å²) < 4.78 is 22.4. The van der Waals surface area contributed by atoms with Gasteiger partial charge >= 0.3 is 5.97 Å². The van der Waals surface area contributed by atoms with Crippen molar-refractivity contribution in [2.75, 3.05) is 23.0 Å². The molecule has 1 amide bonds. The molecule has 1 atom stereocenters. The monoisotopic (exact) mass is 297 g/mol. The number of carbonyl (C=O) groups is 2. The van der Waals surface area contributed by atoms with E-state index in [2.05, 4.69) is 5.32 Å². The van der Waals surface area contributed by atoms with Crippen LogP contribution in [0.4, 0.5) is 0 Å². The Morgan fingerprint density at radius 1 is 1.33 bits per heavy atom. The minimum Gasteiger partial charge on any atom is -0.480 e. The number of nitrogens with one attached hydrogen (secondary N) is 1. The topological polar surface area (TPSA) is 101 Å². The lowest BCUT2D eigenvalue weighted by Crippen LogP contribution is -2.39. The van der Waals surface area contributed by atoms with Crippen molar-refractivity contribution in [1.29, 1.82) is 0 Å². The molecule has 106 valence electrons. The van der Waals surface area contributed by atoms with Gasteiger partial charge in [-0.15, -0.1) is 0 Å². The Hall–Kier alpha value is -0.760. The third-order valence-corrected chi connectivity index (χ3v) is 5.19. The zero-order valence-corrected chi connectivity index (χ0v) is 12.1. The molecule has 0 aliphatic carbocycles. The van der Waals surface area contributed by atoms with Crippen LogP contribution in [0.15, 0.2) is 0 Å². The molecule has 0 aromatic heterocycles. The summed E-state index contributed by atoms with van der Waals surface area (Å²) in [7, 11) is -2.96. The summed E-state index contributed by atoms with van der Waals surface area (Å²) in [6.45, 7) is 2.86. The highest BCUT2D eigenvalue weighted by molar-refractivity contribution is 8.00. The number of rotatable bonds is 9. The van der Waals surface area contributed by atoms with Crippen molar-refractivity contribution in [1.82, 2.24) is 5.32 Å². The van der Waals surface area contributed by atoms with E-state index in [0.717, 1.165) is 0 Å². The van der Waals surface area contributed by atoms with Crippen molar-refractivity contribution < 1.29 is 23.1 Å². The van der Waals surface area contributed by atoms with Gasteiger partial charge in [-0.1, -0.05) is 6.92 Å². The first-order valence-electron chi connectivity index (χ1n) is 5.56. The largest absolute Gasteiger partial charge is 0.480 e. The second-order valence-electron chi connectivity index (χ2n) is 3.73. The number of carboxylic acid groups (broad SMARTS) is 1. The average molecular weight is 297 g/mol. The first kappa shape index (κ1) is 17.2. The SMILES string of the molecule is CCS(=O)(=O)CCSCCC(NC(C)=O)C(=O)O. The molecule has 0 aliphatic heterocycles. The van der Waals surface area contributed by atoms with E-state index in [1.165, 1.54) is 18.7 Å². The number of thioether (sulfide) groups is 1. The van der Waals surface area contributed by atoms with Crippen LogP contribution in [0.2, 0.25) is 0 Å². The van der Waals surface area contributed by atoms with Crippen LogP contribution >= 0.6 is 11.8 Å². The van der Waals surface area contributed by atoms with Crippen LogP contribution in [0.3, 0.4) is 0 Å². The fourth-order valence-electron chi connectivity index (χ4n) is 1.14. The molecule has 0 saturated carbocycles. The van der Waals surface area contributed by atoms with Crippen molar-refractivity contribution >= 4 is 33.5 Å². The number of aliphatic carboxylic acids is 1. The van der Waals surface area contributed by atoms with Gasteiger partial charge in [-0.05, 0) is 12.2 Å². The molecule has 0 bridgehead atoms. The molecule has 0 aliphatic rings. The Balaban J connectivity index is 3.88. The van der Waals surface area contributed by atoms with Gasteiger partial charge in [0.05, 0.1) is 5.75 Å². The number of hydrogen-bond acceptors (Lipinski definition) is 5. The third kappa shape index (κ3) is 8.35. The highest BCUT2D eigenvalue weighted by Gasteiger charge is 2.17. The summed E-state index contributed by atoms with van der Waals surface area (Å²) in [5, 5.41) is 11.2. The lowest BCUT2D eigenvalue weighted by molar-refractivity contribution is -0.141. The highest BCUT2D eigenvalue weighted by Crippen LogP contribution is 2.07. The van der Waals surface area contributed by atoms with Crippen LogP contribution in [0.5, 0.6) is 0 Å². The Morgan fingerprint density at radius 2 is 1.94 bits per heavy atom. The van der Waals surface area contributed by atoms with Crippen LogP contribution in [0, 0.1) is 0 Å². The number of amides is 1. The van der Waals surface area contributed by atoms with E-state index in [-0.39, 0.29) is 23.8 Å². The molecular weight excluding hydrogens is 278 g/mol. The summed E-state index contributed by atoms with van der Waals surface area (Å²) in [5.74, 6) is -0.296. The van der Waals surface area contributed by atoms with Gasteiger partial charge in [-0.25, -0.2) is 13.2 Å². The first-order valence-corrected chi connectivity index (χ1v) is 8.54. The Bertz CT molecular complexity index is 380. The van der Waals surface area contributed by atoms with Crippen LogP contribution in [-0.4, -0.2) is 54.5 Å². The number of carbonyl (C=O) groups excluding carboxylic acids is 1. The molecule has 0 heterocycles. The molecule has 1 unspecified atom stereocenters. The van der Waals surface area contributed by atoms with Gasteiger partial charge in [-0.3, -0.25) is 4.79 Å². The minimum absolute atomic E-state index is 0.103. The van der Waals surface area contributed by atoms with Crippen molar-refractivity contribution in [3.05, 3.63) is 0 Å². The van der Waals surface area contributed by atoms with E-state index in [9.17, 15) is 18.0 Å². The second kappa shape index (κ2) is 8.36. The average Bonchev–Trinajstić information content (AvgIpc) is 2.26. The van der Waals surface area contributed by atoms with E-state index in [0.29, 0.717) is 11.5 Å². The molecule has 0 aromatic rings. The van der Waals surface area contributed by atoms with Crippen molar-refractivity contribution in [2.24, 2.45) is 0 Å². The molecule has 18 heavy (non-hydrogen) atoms. The maximum atomic E-state index is 11.2. The predicted molar refractivity (Wildman–Crippen MR) is 71.5 cm³/mol. The highest BCUT2D eigenvalue weighted by atomic mass is 32.2. The van der Waals surface area contributed by atoms with Crippen molar-refractivity contribution in [3.8, 4) is 0 Å². The smallest absolute Gasteiger partial charge is 0.326 e. The third-order valence-electron chi connectivity index (χ3n) is 2.20. The molecule has 0 rings (SSSR count). The number of sulfone groups is 1. The fourth-order valence-corrected chi connectivity index (χ4v) is 3.52. The van der Waals surface area contributed by atoms with Gasteiger partial charge in [0.2, 0.25) is 5.91 Å². The van der Waals surface area contributed by atoms with E-state index in [1.807, 2.05) is 0 Å². The van der Waals surface area contributed by atoms with Gasteiger partial charge in [-0.2, -0.15) is 11.8 Å². The summed E-state index contributed by atoms with van der Waals surface area (Å²) in [4.78, 5) is 21.5. The van der Waals surface area contributed by atoms with Gasteiger partial charge < -0.3 is 10.4 Å². The molecule has 0 radical (unpaired) electrons. The van der Waals surface area contributed by atoms with Gasteiger partial charge in [0.25, 0.3) is 0 Å². The zero-order chi connectivity index (χ0) is 14.2. The van der Waals surface area contributed by atoms with E-state index >= 15 is 0 Å². The Morgan fingerprint density at radius 3 is 2.39 bits per heavy atom. The molecule has 2 N–H and O–H groups in total. The first-order chi connectivity index (χ1) is 8.28. The molecule has 8 heteroatoms. The minimum atomic E-state index is -2.96. The Labute approximate surface area is 111 Å². The van der Waals surface area contributed by atoms with Gasteiger partial charge in [0, 0.05) is 18.4 Å². The molecule has 0 fully saturated rings. The van der Waals surface area contributed by atoms with Crippen LogP contribution in [0.25, 0.3) is 0 Å². The number of hydrogen-bond donors (Lipinski definition) is 2. The molecule has 0 aromatic carbocycles. The number of carboxylic acids is 1. The molecular formula is C10H19NO5S2. The van der Waals surface area contributed by atoms with Crippen molar-refractivity contribution in [3.63, 3.8) is 0 Å². The summed E-state index contributed by atoms with van der Waals surface area (Å²) in [6.07, 6.45) is 0.283. The van der Waals surface area contributed by atoms with Gasteiger partial charge in [0.1, 0.15) is 6.04 Å². The maximum Gasteiger partial charge on any atom is 0.326 e. The lowest BCUT2D eigenvalue weighted by Gasteiger charge is -2.12. The van der Waals surface area contributed by atoms with Crippen molar-refractivity contribution in [2.45, 2.75) is 26.3 Å². The molecule has 0 spiro atoms. The quantitative estimate of drug-likeness (QED) is 0.587. The predicted octanol–water partition coefficient (Wildman–Crippen LogP) is 0.134. The van der Waals surface area contributed by atoms with Crippen LogP contribution in [0.1, 0.15) is 20.3 Å². The fraction of sp³-hybridized carbons (Fsp3) is 0.800. The second-order valence-corrected chi connectivity index (χ2v) is 7.43. The summed E-state index contributed by atoms with van der Waals surface area (Å²) in [6, 6.07) is -0.905. The van der Waals surface area contributed by atoms with Crippen LogP contribution < -0.4 is 5.32 Å². The maximum absolute atomic E-state index is 11.2. The van der Waals surface area contributed by atoms with Gasteiger partial charge in [0.15, 0.2) is 9.84 Å². The molecule has 6 nitrogen and oxygen atoms in total. The van der Waals surface area contributed by atoms with E-state index < -0.39 is 21.8 Å². The van der Waals surface area contributed by atoms with Crippen LogP contribution in [-0.2, 0) is 19.4 Å². The Kier molecular flexibility index (Phi) is 8.01. The zero-order valence-electron chi connectivity index (χ0n) is 10.5.